The van der Waals surface area contributed by atoms with E-state index >= 15 is 0 Å². The highest BCUT2D eigenvalue weighted by atomic mass is 16.2. The third-order valence-electron chi connectivity index (χ3n) is 5.56. The van der Waals surface area contributed by atoms with Crippen molar-refractivity contribution in [2.24, 2.45) is 5.92 Å². The number of piperidine rings is 2. The molecule has 0 spiro atoms. The standard InChI is InChI=1S/C19H28N4O/c1-14-12-17(21-18(20-14)15-7-8-15)23-11-5-6-16(13-23)19(24)22-9-3-2-4-10-22/h12,15-16H,2-11,13H2,1H3. The smallest absolute Gasteiger partial charge is 0.227 e. The van der Waals surface area contributed by atoms with Crippen molar-refractivity contribution in [2.75, 3.05) is 31.1 Å². The minimum absolute atomic E-state index is 0.136. The summed E-state index contributed by atoms with van der Waals surface area (Å²) in [5.41, 5.74) is 1.05. The summed E-state index contributed by atoms with van der Waals surface area (Å²) in [6.07, 6.45) is 8.14. The first-order valence-corrected chi connectivity index (χ1v) is 9.60. The fraction of sp³-hybridized carbons (Fsp3) is 0.737. The number of hydrogen-bond acceptors (Lipinski definition) is 4. The number of amides is 1. The van der Waals surface area contributed by atoms with E-state index in [1.807, 2.05) is 0 Å². The fourth-order valence-electron chi connectivity index (χ4n) is 4.02. The molecule has 0 aromatic carbocycles. The quantitative estimate of drug-likeness (QED) is 0.856. The molecule has 1 aromatic heterocycles. The molecule has 1 atom stereocenters. The molecule has 2 aliphatic heterocycles. The van der Waals surface area contributed by atoms with Crippen LogP contribution in [0.1, 0.15) is 62.4 Å². The van der Waals surface area contributed by atoms with E-state index in [0.29, 0.717) is 11.8 Å². The van der Waals surface area contributed by atoms with Crippen molar-refractivity contribution in [1.82, 2.24) is 14.9 Å². The van der Waals surface area contributed by atoms with Gasteiger partial charge in [-0.05, 0) is 51.9 Å². The van der Waals surface area contributed by atoms with Crippen LogP contribution >= 0.6 is 0 Å². The second-order valence-corrected chi connectivity index (χ2v) is 7.67. The van der Waals surface area contributed by atoms with Crippen LogP contribution in [-0.4, -0.2) is 47.0 Å². The van der Waals surface area contributed by atoms with Gasteiger partial charge >= 0.3 is 0 Å². The molecule has 24 heavy (non-hydrogen) atoms. The Kier molecular flexibility index (Phi) is 4.42. The van der Waals surface area contributed by atoms with Gasteiger partial charge in [-0.25, -0.2) is 9.97 Å². The number of likely N-dealkylation sites (tertiary alicyclic amines) is 1. The van der Waals surface area contributed by atoms with Crippen molar-refractivity contribution in [2.45, 2.75) is 57.8 Å². The van der Waals surface area contributed by atoms with E-state index in [2.05, 4.69) is 27.8 Å². The van der Waals surface area contributed by atoms with Crippen LogP contribution in [0, 0.1) is 12.8 Å². The van der Waals surface area contributed by atoms with Gasteiger partial charge in [-0.1, -0.05) is 0 Å². The van der Waals surface area contributed by atoms with Crippen molar-refractivity contribution in [3.63, 3.8) is 0 Å². The average molecular weight is 328 g/mol. The van der Waals surface area contributed by atoms with E-state index in [0.717, 1.165) is 69.2 Å². The van der Waals surface area contributed by atoms with Gasteiger partial charge in [0, 0.05) is 43.9 Å². The summed E-state index contributed by atoms with van der Waals surface area (Å²) in [4.78, 5) is 26.7. The van der Waals surface area contributed by atoms with Crippen LogP contribution in [0.4, 0.5) is 5.82 Å². The summed E-state index contributed by atoms with van der Waals surface area (Å²) in [5.74, 6) is 3.11. The van der Waals surface area contributed by atoms with E-state index in [4.69, 9.17) is 4.98 Å². The summed E-state index contributed by atoms with van der Waals surface area (Å²) >= 11 is 0. The molecule has 0 radical (unpaired) electrons. The van der Waals surface area contributed by atoms with E-state index < -0.39 is 0 Å². The zero-order valence-corrected chi connectivity index (χ0v) is 14.7. The Morgan fingerprint density at radius 2 is 1.83 bits per heavy atom. The molecule has 5 heteroatoms. The Hall–Kier alpha value is -1.65. The number of aryl methyl sites for hydroxylation is 1. The molecule has 1 saturated carbocycles. The normalized spacial score (nSPS) is 25.0. The van der Waals surface area contributed by atoms with Crippen molar-refractivity contribution in [1.29, 1.82) is 0 Å². The molecule has 0 bridgehead atoms. The van der Waals surface area contributed by atoms with Gasteiger partial charge in [0.25, 0.3) is 0 Å². The maximum atomic E-state index is 12.8. The zero-order valence-electron chi connectivity index (χ0n) is 14.7. The molecule has 2 saturated heterocycles. The first-order chi connectivity index (χ1) is 11.7. The average Bonchev–Trinajstić information content (AvgIpc) is 3.47. The lowest BCUT2D eigenvalue weighted by Crippen LogP contribution is -2.46. The Morgan fingerprint density at radius 3 is 2.58 bits per heavy atom. The molecule has 130 valence electrons. The summed E-state index contributed by atoms with van der Waals surface area (Å²) in [7, 11) is 0. The van der Waals surface area contributed by atoms with Gasteiger partial charge in [0.1, 0.15) is 11.6 Å². The second-order valence-electron chi connectivity index (χ2n) is 7.67. The van der Waals surface area contributed by atoms with Crippen LogP contribution in [0.25, 0.3) is 0 Å². The van der Waals surface area contributed by atoms with Crippen molar-refractivity contribution in [3.8, 4) is 0 Å². The Labute approximate surface area is 144 Å². The Balaban J connectivity index is 1.47. The number of hydrogen-bond donors (Lipinski definition) is 0. The maximum Gasteiger partial charge on any atom is 0.227 e. The lowest BCUT2D eigenvalue weighted by Gasteiger charge is -2.37. The first-order valence-electron chi connectivity index (χ1n) is 9.60. The zero-order chi connectivity index (χ0) is 16.5. The monoisotopic (exact) mass is 328 g/mol. The molecular formula is C19H28N4O. The van der Waals surface area contributed by atoms with Gasteiger partial charge in [-0.3, -0.25) is 4.79 Å². The number of carbonyl (C=O) groups is 1. The molecule has 5 nitrogen and oxygen atoms in total. The summed E-state index contributed by atoms with van der Waals surface area (Å²) in [5, 5.41) is 0. The van der Waals surface area contributed by atoms with Gasteiger partial charge in [-0.15, -0.1) is 0 Å². The highest BCUT2D eigenvalue weighted by Crippen LogP contribution is 2.39. The molecule has 1 aromatic rings. The molecule has 0 N–H and O–H groups in total. The van der Waals surface area contributed by atoms with Crippen molar-refractivity contribution < 1.29 is 4.79 Å². The van der Waals surface area contributed by atoms with Crippen molar-refractivity contribution >= 4 is 11.7 Å². The molecule has 1 aliphatic carbocycles. The summed E-state index contributed by atoms with van der Waals surface area (Å²) < 4.78 is 0. The van der Waals surface area contributed by atoms with Crippen LogP contribution in [0.3, 0.4) is 0 Å². The first kappa shape index (κ1) is 15.9. The maximum absolute atomic E-state index is 12.8. The molecule has 3 aliphatic rings. The topological polar surface area (TPSA) is 49.3 Å². The molecule has 3 fully saturated rings. The van der Waals surface area contributed by atoms with Gasteiger partial charge in [-0.2, -0.15) is 0 Å². The van der Waals surface area contributed by atoms with Crippen LogP contribution < -0.4 is 4.90 Å². The predicted molar refractivity (Wildman–Crippen MR) is 94.1 cm³/mol. The Bertz CT molecular complexity index is 607. The SMILES string of the molecule is Cc1cc(N2CCCC(C(=O)N3CCCCC3)C2)nc(C2CC2)n1. The predicted octanol–water partition coefficient (Wildman–Crippen LogP) is 2.89. The third-order valence-corrected chi connectivity index (χ3v) is 5.56. The number of carbonyl (C=O) groups excluding carboxylic acids is 1. The minimum Gasteiger partial charge on any atom is -0.356 e. The second kappa shape index (κ2) is 6.69. The molecular weight excluding hydrogens is 300 g/mol. The van der Waals surface area contributed by atoms with Crippen molar-refractivity contribution in [3.05, 3.63) is 17.6 Å². The third kappa shape index (κ3) is 3.40. The summed E-state index contributed by atoms with van der Waals surface area (Å²) in [6.45, 7) is 5.78. The van der Waals surface area contributed by atoms with E-state index in [1.54, 1.807) is 0 Å². The fourth-order valence-corrected chi connectivity index (χ4v) is 4.02. The van der Waals surface area contributed by atoms with E-state index in [-0.39, 0.29) is 5.92 Å². The van der Waals surface area contributed by atoms with Gasteiger partial charge in [0.2, 0.25) is 5.91 Å². The summed E-state index contributed by atoms with van der Waals surface area (Å²) in [6, 6.07) is 2.08. The molecule has 1 amide bonds. The number of anilines is 1. The minimum atomic E-state index is 0.136. The highest BCUT2D eigenvalue weighted by Gasteiger charge is 2.32. The largest absolute Gasteiger partial charge is 0.356 e. The lowest BCUT2D eigenvalue weighted by atomic mass is 9.95. The van der Waals surface area contributed by atoms with Gasteiger partial charge in [0.15, 0.2) is 0 Å². The molecule has 1 unspecified atom stereocenters. The molecule has 4 rings (SSSR count). The van der Waals surface area contributed by atoms with Crippen LogP contribution in [0.2, 0.25) is 0 Å². The van der Waals surface area contributed by atoms with Crippen LogP contribution in [0.15, 0.2) is 6.07 Å². The lowest BCUT2D eigenvalue weighted by molar-refractivity contribution is -0.136. The Morgan fingerprint density at radius 1 is 1.04 bits per heavy atom. The van der Waals surface area contributed by atoms with Crippen LogP contribution in [0.5, 0.6) is 0 Å². The van der Waals surface area contributed by atoms with Gasteiger partial charge < -0.3 is 9.80 Å². The van der Waals surface area contributed by atoms with Gasteiger partial charge in [0.05, 0.1) is 5.92 Å². The molecule has 3 heterocycles. The van der Waals surface area contributed by atoms with E-state index in [9.17, 15) is 4.79 Å². The van der Waals surface area contributed by atoms with E-state index in [1.165, 1.54) is 19.3 Å². The number of aromatic nitrogens is 2. The number of rotatable bonds is 3. The highest BCUT2D eigenvalue weighted by molar-refractivity contribution is 5.79. The van der Waals surface area contributed by atoms with Crippen LogP contribution in [-0.2, 0) is 4.79 Å². The number of nitrogens with zero attached hydrogens (tertiary/aromatic N) is 4.